The molecule has 0 aliphatic heterocycles. The van der Waals surface area contributed by atoms with E-state index in [1.165, 1.54) is 4.90 Å². The number of aryl methyl sites for hydroxylation is 1. The minimum absolute atomic E-state index is 0.242. The number of carbonyl (C=O) groups is 1. The lowest BCUT2D eigenvalue weighted by Crippen LogP contribution is -2.41. The molecule has 26 heavy (non-hydrogen) atoms. The van der Waals surface area contributed by atoms with Crippen molar-refractivity contribution in [3.63, 3.8) is 0 Å². The molecule has 2 rings (SSSR count). The summed E-state index contributed by atoms with van der Waals surface area (Å²) < 4.78 is 25.5. The summed E-state index contributed by atoms with van der Waals surface area (Å²) in [4.78, 5) is 14.1. The van der Waals surface area contributed by atoms with Gasteiger partial charge in [0.15, 0.2) is 0 Å². The SMILES string of the molecule is CCc1ccc(N(CC(=O)N(C)Cc2ccc(Cl)cc2)S(C)(=O)=O)cc1. The molecule has 0 aliphatic carbocycles. The van der Waals surface area contributed by atoms with Gasteiger partial charge in [0.05, 0.1) is 11.9 Å². The quantitative estimate of drug-likeness (QED) is 0.723. The molecule has 0 saturated heterocycles. The number of amides is 1. The van der Waals surface area contributed by atoms with Gasteiger partial charge in [0.25, 0.3) is 0 Å². The zero-order valence-electron chi connectivity index (χ0n) is 15.1. The molecule has 0 heterocycles. The van der Waals surface area contributed by atoms with Gasteiger partial charge in [-0.2, -0.15) is 0 Å². The molecule has 2 aromatic carbocycles. The molecule has 0 atom stereocenters. The van der Waals surface area contributed by atoms with Crippen LogP contribution in [0.4, 0.5) is 5.69 Å². The van der Waals surface area contributed by atoms with Crippen molar-refractivity contribution in [1.82, 2.24) is 4.90 Å². The Morgan fingerprint density at radius 2 is 1.54 bits per heavy atom. The smallest absolute Gasteiger partial charge is 0.243 e. The maximum Gasteiger partial charge on any atom is 0.243 e. The normalized spacial score (nSPS) is 11.2. The average molecular weight is 395 g/mol. The summed E-state index contributed by atoms with van der Waals surface area (Å²) in [7, 11) is -1.93. The van der Waals surface area contributed by atoms with Gasteiger partial charge < -0.3 is 4.90 Å². The number of sulfonamides is 1. The molecule has 0 unspecified atom stereocenters. The first-order valence-electron chi connectivity index (χ1n) is 8.25. The Labute approximate surface area is 160 Å². The molecule has 0 bridgehead atoms. The van der Waals surface area contributed by atoms with Gasteiger partial charge >= 0.3 is 0 Å². The molecular weight excluding hydrogens is 372 g/mol. The van der Waals surface area contributed by atoms with Crippen LogP contribution in [0.15, 0.2) is 48.5 Å². The molecule has 0 radical (unpaired) electrons. The summed E-state index contributed by atoms with van der Waals surface area (Å²) >= 11 is 5.87. The van der Waals surface area contributed by atoms with Crippen molar-refractivity contribution in [2.75, 3.05) is 24.2 Å². The second kappa shape index (κ2) is 8.56. The molecule has 1 amide bonds. The number of likely N-dealkylation sites (N-methyl/N-ethyl adjacent to an activating group) is 1. The van der Waals surface area contributed by atoms with Crippen molar-refractivity contribution in [2.24, 2.45) is 0 Å². The van der Waals surface area contributed by atoms with E-state index < -0.39 is 10.0 Å². The maximum absolute atomic E-state index is 12.6. The Bertz CT molecular complexity index is 849. The Morgan fingerprint density at radius 3 is 2.04 bits per heavy atom. The van der Waals surface area contributed by atoms with Crippen molar-refractivity contribution < 1.29 is 13.2 Å². The van der Waals surface area contributed by atoms with E-state index in [0.29, 0.717) is 17.3 Å². The molecule has 7 heteroatoms. The summed E-state index contributed by atoms with van der Waals surface area (Å²) in [5.74, 6) is -0.287. The summed E-state index contributed by atoms with van der Waals surface area (Å²) in [5, 5.41) is 0.626. The summed E-state index contributed by atoms with van der Waals surface area (Å²) in [5.41, 5.74) is 2.51. The minimum Gasteiger partial charge on any atom is -0.340 e. The van der Waals surface area contributed by atoms with Gasteiger partial charge in [-0.1, -0.05) is 42.8 Å². The summed E-state index contributed by atoms with van der Waals surface area (Å²) in [6, 6.07) is 14.4. The van der Waals surface area contributed by atoms with E-state index in [-0.39, 0.29) is 12.5 Å². The van der Waals surface area contributed by atoms with E-state index in [4.69, 9.17) is 11.6 Å². The number of hydrogen-bond donors (Lipinski definition) is 0. The van der Waals surface area contributed by atoms with E-state index in [1.54, 1.807) is 31.3 Å². The highest BCUT2D eigenvalue weighted by Gasteiger charge is 2.22. The van der Waals surface area contributed by atoms with Crippen molar-refractivity contribution >= 4 is 33.2 Å². The number of benzene rings is 2. The van der Waals surface area contributed by atoms with Crippen LogP contribution in [-0.4, -0.2) is 39.1 Å². The third kappa shape index (κ3) is 5.47. The fourth-order valence-corrected chi connectivity index (χ4v) is 3.47. The Morgan fingerprint density at radius 1 is 1.00 bits per heavy atom. The standard InChI is InChI=1S/C19H23ClN2O3S/c1-4-15-7-11-18(12-8-15)22(26(3,24)25)14-19(23)21(2)13-16-5-9-17(20)10-6-16/h5-12H,4,13-14H2,1-3H3. The zero-order valence-corrected chi connectivity index (χ0v) is 16.7. The van der Waals surface area contributed by atoms with Crippen LogP contribution in [0.2, 0.25) is 5.02 Å². The maximum atomic E-state index is 12.6. The van der Waals surface area contributed by atoms with Crippen molar-refractivity contribution in [3.8, 4) is 0 Å². The highest BCUT2D eigenvalue weighted by molar-refractivity contribution is 7.92. The van der Waals surface area contributed by atoms with Crippen LogP contribution in [0.25, 0.3) is 0 Å². The van der Waals surface area contributed by atoms with Gasteiger partial charge in [0, 0.05) is 18.6 Å². The van der Waals surface area contributed by atoms with Gasteiger partial charge in [-0.25, -0.2) is 8.42 Å². The topological polar surface area (TPSA) is 57.7 Å². The summed E-state index contributed by atoms with van der Waals surface area (Å²) in [6.45, 7) is 2.16. The molecule has 2 aromatic rings. The second-order valence-corrected chi connectivity index (χ2v) is 8.51. The zero-order chi connectivity index (χ0) is 19.3. The first-order chi connectivity index (χ1) is 12.2. The van der Waals surface area contributed by atoms with Crippen LogP contribution < -0.4 is 4.31 Å². The van der Waals surface area contributed by atoms with Gasteiger partial charge in [-0.15, -0.1) is 0 Å². The Kier molecular flexibility index (Phi) is 6.67. The molecule has 0 saturated carbocycles. The second-order valence-electron chi connectivity index (χ2n) is 6.17. The number of nitrogens with zero attached hydrogens (tertiary/aromatic N) is 2. The highest BCUT2D eigenvalue weighted by atomic mass is 35.5. The van der Waals surface area contributed by atoms with Gasteiger partial charge in [0.1, 0.15) is 6.54 Å². The number of anilines is 1. The molecule has 0 fully saturated rings. The largest absolute Gasteiger partial charge is 0.340 e. The third-order valence-electron chi connectivity index (χ3n) is 4.07. The predicted octanol–water partition coefficient (Wildman–Crippen LogP) is 3.33. The molecule has 5 nitrogen and oxygen atoms in total. The molecule has 0 spiro atoms. The minimum atomic E-state index is -3.58. The van der Waals surface area contributed by atoms with Gasteiger partial charge in [-0.3, -0.25) is 9.10 Å². The van der Waals surface area contributed by atoms with Gasteiger partial charge in [-0.05, 0) is 41.8 Å². The van der Waals surface area contributed by atoms with Crippen molar-refractivity contribution in [3.05, 3.63) is 64.7 Å². The Hall–Kier alpha value is -2.05. The van der Waals surface area contributed by atoms with Crippen LogP contribution in [0, 0.1) is 0 Å². The molecule has 0 N–H and O–H groups in total. The number of rotatable bonds is 7. The first kappa shape index (κ1) is 20.3. The lowest BCUT2D eigenvalue weighted by Gasteiger charge is -2.25. The number of carbonyl (C=O) groups excluding carboxylic acids is 1. The van der Waals surface area contributed by atoms with E-state index in [9.17, 15) is 13.2 Å². The highest BCUT2D eigenvalue weighted by Crippen LogP contribution is 2.19. The summed E-state index contributed by atoms with van der Waals surface area (Å²) in [6.07, 6.45) is 1.97. The average Bonchev–Trinajstić information content (AvgIpc) is 2.60. The van der Waals surface area contributed by atoms with E-state index >= 15 is 0 Å². The van der Waals surface area contributed by atoms with Crippen LogP contribution >= 0.6 is 11.6 Å². The third-order valence-corrected chi connectivity index (χ3v) is 5.46. The van der Waals surface area contributed by atoms with E-state index in [0.717, 1.165) is 28.1 Å². The predicted molar refractivity (Wildman–Crippen MR) is 106 cm³/mol. The number of hydrogen-bond acceptors (Lipinski definition) is 3. The fourth-order valence-electron chi connectivity index (χ4n) is 2.49. The number of halogens is 1. The lowest BCUT2D eigenvalue weighted by atomic mass is 10.1. The van der Waals surface area contributed by atoms with Crippen molar-refractivity contribution in [2.45, 2.75) is 19.9 Å². The first-order valence-corrected chi connectivity index (χ1v) is 10.5. The van der Waals surface area contributed by atoms with Crippen LogP contribution in [-0.2, 0) is 27.8 Å². The fraction of sp³-hybridized carbons (Fsp3) is 0.316. The molecule has 0 aliphatic rings. The molecule has 140 valence electrons. The van der Waals surface area contributed by atoms with Crippen LogP contribution in [0.3, 0.4) is 0 Å². The molecular formula is C19H23ClN2O3S. The Balaban J connectivity index is 2.14. The lowest BCUT2D eigenvalue weighted by molar-refractivity contribution is -0.128. The van der Waals surface area contributed by atoms with Crippen molar-refractivity contribution in [1.29, 1.82) is 0 Å². The monoisotopic (exact) mass is 394 g/mol. The van der Waals surface area contributed by atoms with E-state index in [2.05, 4.69) is 0 Å². The van der Waals surface area contributed by atoms with Gasteiger partial charge in [0.2, 0.25) is 15.9 Å². The van der Waals surface area contributed by atoms with Crippen LogP contribution in [0.5, 0.6) is 0 Å². The molecule has 0 aromatic heterocycles. The van der Waals surface area contributed by atoms with E-state index in [1.807, 2.05) is 31.2 Å². The van der Waals surface area contributed by atoms with Crippen LogP contribution in [0.1, 0.15) is 18.1 Å².